The Kier molecular flexibility index (Phi) is 6.29. The lowest BCUT2D eigenvalue weighted by molar-refractivity contribution is 0.565. The van der Waals surface area contributed by atoms with Crippen LogP contribution in [0.2, 0.25) is 0 Å². The molecule has 0 atom stereocenters. The molecule has 108 valence electrons. The largest absolute Gasteiger partial charge is 0.354 e. The van der Waals surface area contributed by atoms with Gasteiger partial charge in [-0.1, -0.05) is 26.8 Å². The highest BCUT2D eigenvalue weighted by Crippen LogP contribution is 2.18. The van der Waals surface area contributed by atoms with E-state index in [2.05, 4.69) is 63.9 Å². The Labute approximate surface area is 118 Å². The van der Waals surface area contributed by atoms with Crippen molar-refractivity contribution >= 4 is 5.82 Å². The van der Waals surface area contributed by atoms with Crippen LogP contribution in [0.15, 0.2) is 12.1 Å². The van der Waals surface area contributed by atoms with Crippen LogP contribution in [-0.4, -0.2) is 24.1 Å². The normalized spacial score (nSPS) is 11.4. The maximum atomic E-state index is 4.79. The van der Waals surface area contributed by atoms with Crippen molar-refractivity contribution in [3.63, 3.8) is 0 Å². The smallest absolute Gasteiger partial charge is 0.129 e. The predicted molar refractivity (Wildman–Crippen MR) is 83.7 cm³/mol. The van der Waals surface area contributed by atoms with E-state index in [0.717, 1.165) is 31.1 Å². The van der Waals surface area contributed by atoms with Crippen LogP contribution in [0, 0.1) is 12.8 Å². The molecular formula is C16H29N3. The van der Waals surface area contributed by atoms with Gasteiger partial charge in [0.2, 0.25) is 0 Å². The molecule has 0 saturated heterocycles. The fourth-order valence-electron chi connectivity index (χ4n) is 2.15. The van der Waals surface area contributed by atoms with Crippen LogP contribution in [0.4, 0.5) is 5.82 Å². The lowest BCUT2D eigenvalue weighted by Crippen LogP contribution is -2.35. The van der Waals surface area contributed by atoms with Gasteiger partial charge in [0, 0.05) is 24.8 Å². The number of hydrogen-bond donors (Lipinski definition) is 1. The number of aromatic nitrogens is 1. The highest BCUT2D eigenvalue weighted by molar-refractivity contribution is 5.42. The maximum absolute atomic E-state index is 4.79. The first kappa shape index (κ1) is 16.0. The van der Waals surface area contributed by atoms with Gasteiger partial charge in [-0.15, -0.1) is 0 Å². The molecule has 1 aromatic heterocycles. The molecule has 0 bridgehead atoms. The highest BCUT2D eigenvalue weighted by Gasteiger charge is 2.14. The number of hydrogen-bond acceptors (Lipinski definition) is 3. The minimum atomic E-state index is 0.480. The Morgan fingerprint density at radius 1 is 1.21 bits per heavy atom. The molecule has 0 aliphatic rings. The summed E-state index contributed by atoms with van der Waals surface area (Å²) >= 11 is 0. The van der Waals surface area contributed by atoms with E-state index in [1.54, 1.807) is 0 Å². The van der Waals surface area contributed by atoms with E-state index in [0.29, 0.717) is 12.0 Å². The highest BCUT2D eigenvalue weighted by atomic mass is 15.2. The van der Waals surface area contributed by atoms with E-state index < -0.39 is 0 Å². The van der Waals surface area contributed by atoms with E-state index in [4.69, 9.17) is 4.98 Å². The van der Waals surface area contributed by atoms with Gasteiger partial charge in [-0.05, 0) is 44.9 Å². The second-order valence-electron chi connectivity index (χ2n) is 5.83. The van der Waals surface area contributed by atoms with Crippen molar-refractivity contribution in [2.45, 2.75) is 54.1 Å². The van der Waals surface area contributed by atoms with Crippen LogP contribution in [-0.2, 0) is 6.54 Å². The Morgan fingerprint density at radius 2 is 1.89 bits per heavy atom. The number of anilines is 1. The summed E-state index contributed by atoms with van der Waals surface area (Å²) in [5, 5.41) is 3.36. The SMILES string of the molecule is CCNCc1ccc(N(CC(C)C)C(C)C)nc1C. The van der Waals surface area contributed by atoms with Gasteiger partial charge < -0.3 is 10.2 Å². The first-order chi connectivity index (χ1) is 8.95. The minimum Gasteiger partial charge on any atom is -0.354 e. The van der Waals surface area contributed by atoms with Crippen LogP contribution >= 0.6 is 0 Å². The zero-order valence-corrected chi connectivity index (χ0v) is 13.3. The molecule has 1 N–H and O–H groups in total. The lowest BCUT2D eigenvalue weighted by atomic mass is 10.1. The number of nitrogens with zero attached hydrogens (tertiary/aromatic N) is 2. The zero-order valence-electron chi connectivity index (χ0n) is 13.3. The van der Waals surface area contributed by atoms with Gasteiger partial charge in [0.1, 0.15) is 5.82 Å². The Morgan fingerprint density at radius 3 is 2.37 bits per heavy atom. The third kappa shape index (κ3) is 4.83. The summed E-state index contributed by atoms with van der Waals surface area (Å²) in [6, 6.07) is 4.84. The third-order valence-corrected chi connectivity index (χ3v) is 3.23. The molecule has 3 nitrogen and oxygen atoms in total. The summed E-state index contributed by atoms with van der Waals surface area (Å²) in [4.78, 5) is 7.17. The van der Waals surface area contributed by atoms with Crippen molar-refractivity contribution in [1.29, 1.82) is 0 Å². The van der Waals surface area contributed by atoms with Crippen LogP contribution in [0.25, 0.3) is 0 Å². The number of rotatable bonds is 7. The van der Waals surface area contributed by atoms with E-state index in [-0.39, 0.29) is 0 Å². The number of nitrogens with one attached hydrogen (secondary N) is 1. The maximum Gasteiger partial charge on any atom is 0.129 e. The van der Waals surface area contributed by atoms with Crippen LogP contribution < -0.4 is 10.2 Å². The fraction of sp³-hybridized carbons (Fsp3) is 0.688. The molecule has 0 amide bonds. The predicted octanol–water partition coefficient (Wildman–Crippen LogP) is 3.37. The number of pyridine rings is 1. The third-order valence-electron chi connectivity index (χ3n) is 3.23. The van der Waals surface area contributed by atoms with Gasteiger partial charge in [-0.25, -0.2) is 4.98 Å². The molecule has 1 aromatic rings. The summed E-state index contributed by atoms with van der Waals surface area (Å²) in [5.74, 6) is 1.74. The standard InChI is InChI=1S/C16H29N3/c1-7-17-10-15-8-9-16(18-14(15)6)19(13(4)5)11-12(2)3/h8-9,12-13,17H,7,10-11H2,1-6H3. The Bertz CT molecular complexity index is 386. The van der Waals surface area contributed by atoms with E-state index in [9.17, 15) is 0 Å². The molecule has 3 heteroatoms. The average molecular weight is 263 g/mol. The van der Waals surface area contributed by atoms with E-state index in [1.807, 2.05) is 0 Å². The van der Waals surface area contributed by atoms with Crippen molar-refractivity contribution in [2.24, 2.45) is 5.92 Å². The molecule has 0 radical (unpaired) electrons. The summed E-state index contributed by atoms with van der Waals surface area (Å²) in [6.07, 6.45) is 0. The van der Waals surface area contributed by atoms with E-state index >= 15 is 0 Å². The first-order valence-electron chi connectivity index (χ1n) is 7.39. The van der Waals surface area contributed by atoms with E-state index in [1.165, 1.54) is 5.56 Å². The molecule has 0 saturated carbocycles. The summed E-state index contributed by atoms with van der Waals surface area (Å²) < 4.78 is 0. The van der Waals surface area contributed by atoms with Crippen LogP contribution in [0.3, 0.4) is 0 Å². The molecule has 1 rings (SSSR count). The Hall–Kier alpha value is -1.09. The molecular weight excluding hydrogens is 234 g/mol. The number of aryl methyl sites for hydroxylation is 1. The summed E-state index contributed by atoms with van der Waals surface area (Å²) in [6.45, 7) is 16.1. The van der Waals surface area contributed by atoms with Crippen molar-refractivity contribution < 1.29 is 0 Å². The molecule has 0 aliphatic carbocycles. The summed E-state index contributed by atoms with van der Waals surface area (Å²) in [5.41, 5.74) is 2.42. The molecule has 0 aliphatic heterocycles. The van der Waals surface area contributed by atoms with Gasteiger partial charge in [-0.2, -0.15) is 0 Å². The zero-order chi connectivity index (χ0) is 14.4. The first-order valence-corrected chi connectivity index (χ1v) is 7.39. The van der Waals surface area contributed by atoms with Gasteiger partial charge in [0.25, 0.3) is 0 Å². The van der Waals surface area contributed by atoms with Crippen LogP contribution in [0.1, 0.15) is 45.9 Å². The average Bonchev–Trinajstić information content (AvgIpc) is 2.34. The van der Waals surface area contributed by atoms with Crippen molar-refractivity contribution in [1.82, 2.24) is 10.3 Å². The second kappa shape index (κ2) is 7.49. The lowest BCUT2D eigenvalue weighted by Gasteiger charge is -2.30. The van der Waals surface area contributed by atoms with Crippen LogP contribution in [0.5, 0.6) is 0 Å². The fourth-order valence-corrected chi connectivity index (χ4v) is 2.15. The van der Waals surface area contributed by atoms with Crippen molar-refractivity contribution in [3.8, 4) is 0 Å². The molecule has 0 unspecified atom stereocenters. The van der Waals surface area contributed by atoms with Gasteiger partial charge >= 0.3 is 0 Å². The van der Waals surface area contributed by atoms with Crippen molar-refractivity contribution in [2.75, 3.05) is 18.0 Å². The molecule has 19 heavy (non-hydrogen) atoms. The van der Waals surface area contributed by atoms with Crippen molar-refractivity contribution in [3.05, 3.63) is 23.4 Å². The molecule has 0 aromatic carbocycles. The monoisotopic (exact) mass is 263 g/mol. The Balaban J connectivity index is 2.90. The van der Waals surface area contributed by atoms with Gasteiger partial charge in [0.05, 0.1) is 0 Å². The topological polar surface area (TPSA) is 28.2 Å². The summed E-state index contributed by atoms with van der Waals surface area (Å²) in [7, 11) is 0. The van der Waals surface area contributed by atoms with Gasteiger partial charge in [-0.3, -0.25) is 0 Å². The molecule has 0 fully saturated rings. The molecule has 1 heterocycles. The second-order valence-corrected chi connectivity index (χ2v) is 5.83. The minimum absolute atomic E-state index is 0.480. The van der Waals surface area contributed by atoms with Gasteiger partial charge in [0.15, 0.2) is 0 Å². The quantitative estimate of drug-likeness (QED) is 0.817. The molecule has 0 spiro atoms.